The molecule has 1 N–H and O–H groups in total. The summed E-state index contributed by atoms with van der Waals surface area (Å²) in [4.78, 5) is 19.0. The van der Waals surface area contributed by atoms with Gasteiger partial charge in [-0.25, -0.2) is 19.2 Å². The van der Waals surface area contributed by atoms with Gasteiger partial charge < -0.3 is 10.1 Å². The van der Waals surface area contributed by atoms with Gasteiger partial charge >= 0.3 is 5.97 Å². The van der Waals surface area contributed by atoms with Gasteiger partial charge in [-0.1, -0.05) is 23.2 Å². The summed E-state index contributed by atoms with van der Waals surface area (Å²) in [7, 11) is 1.24. The first-order valence-corrected chi connectivity index (χ1v) is 6.09. The molecule has 0 aliphatic heterocycles. The minimum Gasteiger partial charge on any atom is -0.464 e. The molecular formula is C12H8Cl2FN3O2. The second-order valence-corrected chi connectivity index (χ2v) is 4.46. The van der Waals surface area contributed by atoms with Crippen molar-refractivity contribution in [3.63, 3.8) is 0 Å². The number of halogens is 3. The Balaban J connectivity index is 2.25. The summed E-state index contributed by atoms with van der Waals surface area (Å²) in [6, 6.07) is 2.23. The van der Waals surface area contributed by atoms with Crippen LogP contribution in [0, 0.1) is 5.82 Å². The van der Waals surface area contributed by atoms with Crippen molar-refractivity contribution >= 4 is 40.7 Å². The maximum Gasteiger partial charge on any atom is 0.358 e. The second-order valence-electron chi connectivity index (χ2n) is 3.65. The lowest BCUT2D eigenvalue weighted by molar-refractivity contribution is 0.0593. The third kappa shape index (κ3) is 3.15. The van der Waals surface area contributed by atoms with E-state index >= 15 is 0 Å². The lowest BCUT2D eigenvalue weighted by Crippen LogP contribution is -2.06. The molecule has 104 valence electrons. The van der Waals surface area contributed by atoms with Crippen LogP contribution in [0.2, 0.25) is 10.0 Å². The van der Waals surface area contributed by atoms with E-state index in [4.69, 9.17) is 23.2 Å². The van der Waals surface area contributed by atoms with Gasteiger partial charge in [-0.05, 0) is 12.1 Å². The fraction of sp³-hybridized carbons (Fsp3) is 0.0833. The predicted octanol–water partition coefficient (Wildman–Crippen LogP) is 3.45. The van der Waals surface area contributed by atoms with Crippen LogP contribution in [0.15, 0.2) is 24.5 Å². The number of nitrogens with zero attached hydrogens (tertiary/aromatic N) is 2. The van der Waals surface area contributed by atoms with E-state index in [-0.39, 0.29) is 15.7 Å². The molecule has 5 nitrogen and oxygen atoms in total. The molecule has 0 saturated heterocycles. The molecule has 2 rings (SSSR count). The zero-order chi connectivity index (χ0) is 14.7. The lowest BCUT2D eigenvalue weighted by atomic mass is 10.3. The molecule has 1 aromatic heterocycles. The predicted molar refractivity (Wildman–Crippen MR) is 73.1 cm³/mol. The number of methoxy groups -OCH3 is 1. The molecule has 1 heterocycles. The number of carbonyl (C=O) groups is 1. The smallest absolute Gasteiger partial charge is 0.358 e. The monoisotopic (exact) mass is 315 g/mol. The van der Waals surface area contributed by atoms with Crippen LogP contribution in [-0.2, 0) is 4.74 Å². The maximum atomic E-state index is 13.1. The summed E-state index contributed by atoms with van der Waals surface area (Å²) in [5.74, 6) is -0.840. The number of aromatic nitrogens is 2. The topological polar surface area (TPSA) is 64.1 Å². The Morgan fingerprint density at radius 1 is 1.25 bits per heavy atom. The number of hydrogen-bond donors (Lipinski definition) is 1. The van der Waals surface area contributed by atoms with Gasteiger partial charge in [0.05, 0.1) is 35.2 Å². The van der Waals surface area contributed by atoms with Crippen LogP contribution in [0.25, 0.3) is 0 Å². The fourth-order valence-corrected chi connectivity index (χ4v) is 1.95. The molecule has 0 saturated carbocycles. The van der Waals surface area contributed by atoms with Crippen molar-refractivity contribution < 1.29 is 13.9 Å². The SMILES string of the molecule is COC(=O)c1cnc(Nc2c(Cl)cc(F)cc2Cl)cn1. The van der Waals surface area contributed by atoms with Gasteiger partial charge in [0.2, 0.25) is 0 Å². The average Bonchev–Trinajstić information content (AvgIpc) is 2.42. The molecule has 0 bridgehead atoms. The zero-order valence-corrected chi connectivity index (χ0v) is 11.7. The maximum absolute atomic E-state index is 13.1. The van der Waals surface area contributed by atoms with E-state index in [1.54, 1.807) is 0 Å². The van der Waals surface area contributed by atoms with E-state index in [2.05, 4.69) is 20.0 Å². The number of benzene rings is 1. The largest absolute Gasteiger partial charge is 0.464 e. The summed E-state index contributed by atoms with van der Waals surface area (Å²) in [6.07, 6.45) is 2.54. The number of rotatable bonds is 3. The molecule has 0 aliphatic carbocycles. The normalized spacial score (nSPS) is 10.2. The van der Waals surface area contributed by atoms with E-state index in [0.717, 1.165) is 12.1 Å². The molecule has 0 fully saturated rings. The van der Waals surface area contributed by atoms with Crippen molar-refractivity contribution in [2.45, 2.75) is 0 Å². The van der Waals surface area contributed by atoms with Crippen LogP contribution in [0.5, 0.6) is 0 Å². The van der Waals surface area contributed by atoms with E-state index in [9.17, 15) is 9.18 Å². The standard InChI is InChI=1S/C12H8Cl2FN3O2/c1-20-12(19)9-4-17-10(5-16-9)18-11-7(13)2-6(15)3-8(11)14/h2-5H,1H3,(H,17,18). The quantitative estimate of drug-likeness (QED) is 0.879. The minimum absolute atomic E-state index is 0.0642. The van der Waals surface area contributed by atoms with Crippen molar-refractivity contribution in [1.29, 1.82) is 0 Å². The van der Waals surface area contributed by atoms with Crippen LogP contribution < -0.4 is 5.32 Å². The molecule has 20 heavy (non-hydrogen) atoms. The van der Waals surface area contributed by atoms with E-state index in [1.165, 1.54) is 19.5 Å². The highest BCUT2D eigenvalue weighted by Crippen LogP contribution is 2.33. The highest BCUT2D eigenvalue weighted by Gasteiger charge is 2.11. The van der Waals surface area contributed by atoms with Gasteiger partial charge in [-0.2, -0.15) is 0 Å². The highest BCUT2D eigenvalue weighted by atomic mass is 35.5. The molecule has 0 spiro atoms. The number of esters is 1. The van der Waals surface area contributed by atoms with Gasteiger partial charge in [-0.3, -0.25) is 0 Å². The summed E-state index contributed by atoms with van der Waals surface area (Å²) in [5, 5.41) is 3.01. The molecule has 8 heteroatoms. The molecule has 0 unspecified atom stereocenters. The molecular weight excluding hydrogens is 308 g/mol. The Labute approximate surface area is 123 Å². The van der Waals surface area contributed by atoms with Crippen molar-refractivity contribution in [2.75, 3.05) is 12.4 Å². The van der Waals surface area contributed by atoms with Crippen LogP contribution in [-0.4, -0.2) is 23.0 Å². The lowest BCUT2D eigenvalue weighted by Gasteiger charge is -2.09. The summed E-state index contributed by atoms with van der Waals surface area (Å²) < 4.78 is 17.6. The third-order valence-electron chi connectivity index (χ3n) is 2.31. The summed E-state index contributed by atoms with van der Waals surface area (Å²) >= 11 is 11.8. The number of ether oxygens (including phenoxy) is 1. The fourth-order valence-electron chi connectivity index (χ4n) is 1.39. The first-order valence-electron chi connectivity index (χ1n) is 5.33. The molecule has 0 aliphatic rings. The van der Waals surface area contributed by atoms with Gasteiger partial charge in [0.1, 0.15) is 11.6 Å². The van der Waals surface area contributed by atoms with Crippen LogP contribution in [0.1, 0.15) is 10.5 Å². The van der Waals surface area contributed by atoms with Crippen LogP contribution in [0.3, 0.4) is 0 Å². The first kappa shape index (κ1) is 14.5. The number of carbonyl (C=O) groups excluding carboxylic acids is 1. The Bertz CT molecular complexity index is 627. The minimum atomic E-state index is -0.595. The van der Waals surface area contributed by atoms with E-state index in [0.29, 0.717) is 11.5 Å². The number of hydrogen-bond acceptors (Lipinski definition) is 5. The van der Waals surface area contributed by atoms with Gasteiger partial charge in [-0.15, -0.1) is 0 Å². The van der Waals surface area contributed by atoms with E-state index < -0.39 is 11.8 Å². The van der Waals surface area contributed by atoms with Crippen molar-refractivity contribution in [3.8, 4) is 0 Å². The molecule has 0 atom stereocenters. The number of anilines is 2. The van der Waals surface area contributed by atoms with E-state index in [1.807, 2.05) is 0 Å². The Morgan fingerprint density at radius 3 is 2.40 bits per heavy atom. The van der Waals surface area contributed by atoms with Crippen LogP contribution in [0.4, 0.5) is 15.9 Å². The Morgan fingerprint density at radius 2 is 1.90 bits per heavy atom. The van der Waals surface area contributed by atoms with Gasteiger partial charge in [0.25, 0.3) is 0 Å². The van der Waals surface area contributed by atoms with Crippen molar-refractivity contribution in [2.24, 2.45) is 0 Å². The number of nitrogens with one attached hydrogen (secondary N) is 1. The van der Waals surface area contributed by atoms with Gasteiger partial charge in [0, 0.05) is 0 Å². The molecule has 0 amide bonds. The van der Waals surface area contributed by atoms with Gasteiger partial charge in [0.15, 0.2) is 5.69 Å². The van der Waals surface area contributed by atoms with Crippen LogP contribution >= 0.6 is 23.2 Å². The molecule has 0 radical (unpaired) electrons. The zero-order valence-electron chi connectivity index (χ0n) is 10.2. The Kier molecular flexibility index (Phi) is 4.36. The summed E-state index contributed by atoms with van der Waals surface area (Å²) in [5.41, 5.74) is 0.365. The van der Waals surface area contributed by atoms with Crippen molar-refractivity contribution in [3.05, 3.63) is 46.1 Å². The third-order valence-corrected chi connectivity index (χ3v) is 2.90. The first-order chi connectivity index (χ1) is 9.51. The van der Waals surface area contributed by atoms with Crippen molar-refractivity contribution in [1.82, 2.24) is 9.97 Å². The second kappa shape index (κ2) is 6.02. The Hall–Kier alpha value is -1.92. The highest BCUT2D eigenvalue weighted by molar-refractivity contribution is 6.39. The molecule has 2 aromatic rings. The average molecular weight is 316 g/mol. The molecule has 1 aromatic carbocycles. The summed E-state index contributed by atoms with van der Waals surface area (Å²) in [6.45, 7) is 0.